The van der Waals surface area contributed by atoms with Crippen molar-refractivity contribution in [1.82, 2.24) is 10.3 Å². The van der Waals surface area contributed by atoms with Crippen LogP contribution in [-0.2, 0) is 0 Å². The van der Waals surface area contributed by atoms with E-state index >= 15 is 0 Å². The Labute approximate surface area is 97.6 Å². The predicted molar refractivity (Wildman–Crippen MR) is 67.1 cm³/mol. The molecule has 3 nitrogen and oxygen atoms in total. The largest absolute Gasteiger partial charge is 0.393 e. The molecule has 0 amide bonds. The average molecular weight is 266 g/mol. The van der Waals surface area contributed by atoms with E-state index in [1.165, 1.54) is 0 Å². The molecule has 0 unspecified atom stereocenters. The molecule has 2 N–H and O–H groups in total. The first-order chi connectivity index (χ1) is 7.24. The highest BCUT2D eigenvalue weighted by molar-refractivity contribution is 9.12. The van der Waals surface area contributed by atoms with Gasteiger partial charge in [0.2, 0.25) is 0 Å². The third-order valence-electron chi connectivity index (χ3n) is 1.66. The summed E-state index contributed by atoms with van der Waals surface area (Å²) >= 11 is 3.28. The van der Waals surface area contributed by atoms with Gasteiger partial charge in [0, 0.05) is 25.6 Å². The van der Waals surface area contributed by atoms with Gasteiger partial charge in [-0.15, -0.1) is 0 Å². The first kappa shape index (κ1) is 11.7. The normalized spacial score (nSPS) is 11.7. The molecule has 0 aliphatic heterocycles. The van der Waals surface area contributed by atoms with E-state index in [0.29, 0.717) is 10.2 Å². The van der Waals surface area contributed by atoms with Crippen molar-refractivity contribution >= 4 is 27.7 Å². The number of nitrogens with one attached hydrogen (secondary N) is 2. The number of pyridine rings is 1. The molecule has 1 aromatic rings. The molecule has 1 rings (SSSR count). The molecule has 4 heteroatoms. The maximum Gasteiger partial charge on any atom is 0.0696 e. The van der Waals surface area contributed by atoms with Gasteiger partial charge in [-0.1, -0.05) is 12.1 Å². The number of aromatic nitrogens is 1. The van der Waals surface area contributed by atoms with E-state index < -0.39 is 0 Å². The Bertz CT molecular complexity index is 382. The Kier molecular flexibility index (Phi) is 4.77. The fourth-order valence-corrected chi connectivity index (χ4v) is 1.30. The van der Waals surface area contributed by atoms with Gasteiger partial charge in [-0.3, -0.25) is 10.4 Å². The molecular formula is C11H12BrN3. The molecule has 78 valence electrons. The van der Waals surface area contributed by atoms with Crippen LogP contribution in [0.5, 0.6) is 0 Å². The highest BCUT2D eigenvalue weighted by atomic mass is 79.9. The second-order valence-electron chi connectivity index (χ2n) is 2.81. The van der Waals surface area contributed by atoms with Gasteiger partial charge in [-0.25, -0.2) is 0 Å². The first-order valence-corrected chi connectivity index (χ1v) is 5.23. The fraction of sp³-hybridized carbons (Fsp3) is 0.0909. The smallest absolute Gasteiger partial charge is 0.0696 e. The SMILES string of the molecule is CN/C=C(/Br)C(=N)/C=C/c1cccnc1. The second-order valence-corrected chi connectivity index (χ2v) is 3.67. The molecule has 15 heavy (non-hydrogen) atoms. The zero-order valence-corrected chi connectivity index (χ0v) is 9.95. The van der Waals surface area contributed by atoms with Gasteiger partial charge in [0.05, 0.1) is 10.2 Å². The van der Waals surface area contributed by atoms with Crippen LogP contribution >= 0.6 is 15.9 Å². The lowest BCUT2D eigenvalue weighted by atomic mass is 10.2. The summed E-state index contributed by atoms with van der Waals surface area (Å²) in [5.41, 5.74) is 1.39. The van der Waals surface area contributed by atoms with E-state index in [1.54, 1.807) is 31.7 Å². The second kappa shape index (κ2) is 6.14. The highest BCUT2D eigenvalue weighted by Gasteiger charge is 1.95. The van der Waals surface area contributed by atoms with Crippen LogP contribution in [0.2, 0.25) is 0 Å². The number of halogens is 1. The monoisotopic (exact) mass is 265 g/mol. The van der Waals surface area contributed by atoms with E-state index in [-0.39, 0.29) is 0 Å². The molecule has 0 aromatic carbocycles. The molecule has 0 saturated heterocycles. The Balaban J connectivity index is 2.67. The number of rotatable bonds is 4. The van der Waals surface area contributed by atoms with Crippen molar-refractivity contribution in [2.24, 2.45) is 0 Å². The van der Waals surface area contributed by atoms with Gasteiger partial charge < -0.3 is 5.32 Å². The van der Waals surface area contributed by atoms with Gasteiger partial charge in [0.1, 0.15) is 0 Å². The van der Waals surface area contributed by atoms with Gasteiger partial charge >= 0.3 is 0 Å². The molecule has 0 aliphatic rings. The number of allylic oxidation sites excluding steroid dienone is 2. The summed E-state index contributed by atoms with van der Waals surface area (Å²) in [7, 11) is 1.79. The number of nitrogens with zero attached hydrogens (tertiary/aromatic N) is 1. The maximum atomic E-state index is 7.68. The molecule has 1 heterocycles. The van der Waals surface area contributed by atoms with Crippen LogP contribution in [0, 0.1) is 5.41 Å². The van der Waals surface area contributed by atoms with E-state index in [0.717, 1.165) is 5.56 Å². The standard InChI is InChI=1S/C11H12BrN3/c1-14-8-10(12)11(13)5-4-9-3-2-6-15-7-9/h2-8,13-14H,1H3/b5-4+,10-8+,13-11?. The Morgan fingerprint density at radius 1 is 1.60 bits per heavy atom. The minimum Gasteiger partial charge on any atom is -0.393 e. The zero-order chi connectivity index (χ0) is 11.1. The van der Waals surface area contributed by atoms with Crippen molar-refractivity contribution in [2.75, 3.05) is 7.05 Å². The van der Waals surface area contributed by atoms with Crippen molar-refractivity contribution in [3.8, 4) is 0 Å². The lowest BCUT2D eigenvalue weighted by molar-refractivity contribution is 1.10. The van der Waals surface area contributed by atoms with Crippen molar-refractivity contribution < 1.29 is 0 Å². The molecule has 0 bridgehead atoms. The molecule has 0 fully saturated rings. The minimum atomic E-state index is 0.410. The molecule has 0 radical (unpaired) electrons. The summed E-state index contributed by atoms with van der Waals surface area (Å²) in [4.78, 5) is 3.98. The van der Waals surface area contributed by atoms with E-state index in [4.69, 9.17) is 5.41 Å². The van der Waals surface area contributed by atoms with Crippen molar-refractivity contribution in [3.05, 3.63) is 46.8 Å². The molecule has 0 aliphatic carbocycles. The highest BCUT2D eigenvalue weighted by Crippen LogP contribution is 2.08. The minimum absolute atomic E-state index is 0.410. The average Bonchev–Trinajstić information content (AvgIpc) is 2.27. The number of hydrogen-bond donors (Lipinski definition) is 2. The first-order valence-electron chi connectivity index (χ1n) is 4.44. The van der Waals surface area contributed by atoms with E-state index in [2.05, 4.69) is 26.2 Å². The summed E-state index contributed by atoms with van der Waals surface area (Å²) in [6, 6.07) is 3.80. The van der Waals surface area contributed by atoms with Crippen LogP contribution in [0.1, 0.15) is 5.56 Å². The van der Waals surface area contributed by atoms with E-state index in [1.807, 2.05) is 18.2 Å². The summed E-state index contributed by atoms with van der Waals surface area (Å²) in [5, 5.41) is 10.5. The third-order valence-corrected chi connectivity index (χ3v) is 2.31. The Morgan fingerprint density at radius 3 is 3.00 bits per heavy atom. The molecule has 0 spiro atoms. The van der Waals surface area contributed by atoms with Gasteiger partial charge in [-0.05, 0) is 33.6 Å². The molecule has 0 atom stereocenters. The molecule has 0 saturated carbocycles. The lowest BCUT2D eigenvalue weighted by Crippen LogP contribution is -1.98. The van der Waals surface area contributed by atoms with Crippen LogP contribution in [0.4, 0.5) is 0 Å². The Morgan fingerprint density at radius 2 is 2.40 bits per heavy atom. The maximum absolute atomic E-state index is 7.68. The molecular weight excluding hydrogens is 254 g/mol. The van der Waals surface area contributed by atoms with Crippen LogP contribution in [0.25, 0.3) is 6.08 Å². The van der Waals surface area contributed by atoms with Crippen molar-refractivity contribution in [1.29, 1.82) is 5.41 Å². The van der Waals surface area contributed by atoms with Gasteiger partial charge in [0.25, 0.3) is 0 Å². The van der Waals surface area contributed by atoms with Crippen molar-refractivity contribution in [3.63, 3.8) is 0 Å². The van der Waals surface area contributed by atoms with Crippen molar-refractivity contribution in [2.45, 2.75) is 0 Å². The van der Waals surface area contributed by atoms with E-state index in [9.17, 15) is 0 Å². The summed E-state index contributed by atoms with van der Waals surface area (Å²) in [5.74, 6) is 0. The fourth-order valence-electron chi connectivity index (χ4n) is 0.938. The van der Waals surface area contributed by atoms with Crippen LogP contribution in [0.15, 0.2) is 41.3 Å². The van der Waals surface area contributed by atoms with Gasteiger partial charge in [0.15, 0.2) is 0 Å². The van der Waals surface area contributed by atoms with Crippen LogP contribution in [-0.4, -0.2) is 17.7 Å². The Hall–Kier alpha value is -1.42. The summed E-state index contributed by atoms with van der Waals surface area (Å²) in [6.07, 6.45) is 8.75. The quantitative estimate of drug-likeness (QED) is 0.823. The summed E-state index contributed by atoms with van der Waals surface area (Å²) in [6.45, 7) is 0. The van der Waals surface area contributed by atoms with Gasteiger partial charge in [-0.2, -0.15) is 0 Å². The number of hydrogen-bond acceptors (Lipinski definition) is 3. The lowest BCUT2D eigenvalue weighted by Gasteiger charge is -1.96. The molecule has 1 aromatic heterocycles. The topological polar surface area (TPSA) is 48.8 Å². The van der Waals surface area contributed by atoms with Crippen LogP contribution in [0.3, 0.4) is 0 Å². The summed E-state index contributed by atoms with van der Waals surface area (Å²) < 4.78 is 0.713. The predicted octanol–water partition coefficient (Wildman–Crippen LogP) is 2.57. The van der Waals surface area contributed by atoms with Crippen LogP contribution < -0.4 is 5.32 Å². The third kappa shape index (κ3) is 4.08. The zero-order valence-electron chi connectivity index (χ0n) is 8.37.